The van der Waals surface area contributed by atoms with E-state index in [0.717, 1.165) is 16.5 Å². The van der Waals surface area contributed by atoms with Crippen LogP contribution in [0.15, 0.2) is 71.5 Å². The molecular weight excluding hydrogens is 432 g/mol. The Labute approximate surface area is 197 Å². The van der Waals surface area contributed by atoms with Crippen molar-refractivity contribution in [1.82, 2.24) is 4.98 Å². The number of H-pyrrole nitrogens is 1. The number of hydrogen-bond donors (Lipinski definition) is 1. The van der Waals surface area contributed by atoms with E-state index in [4.69, 9.17) is 14.2 Å². The first-order valence-corrected chi connectivity index (χ1v) is 10.7. The van der Waals surface area contributed by atoms with Crippen LogP contribution in [0.5, 0.6) is 17.2 Å². The number of carbonyl (C=O) groups is 1. The molecule has 7 heteroatoms. The second kappa shape index (κ2) is 9.70. The summed E-state index contributed by atoms with van der Waals surface area (Å²) in [6.07, 6.45) is 0. The summed E-state index contributed by atoms with van der Waals surface area (Å²) in [5.41, 5.74) is 2.98. The van der Waals surface area contributed by atoms with Gasteiger partial charge in [-0.15, -0.1) is 0 Å². The van der Waals surface area contributed by atoms with Gasteiger partial charge in [-0.25, -0.2) is 0 Å². The number of rotatable bonds is 7. The maximum absolute atomic E-state index is 13.8. The van der Waals surface area contributed by atoms with Crippen molar-refractivity contribution in [3.05, 3.63) is 93.8 Å². The van der Waals surface area contributed by atoms with Gasteiger partial charge in [-0.2, -0.15) is 0 Å². The van der Waals surface area contributed by atoms with Crippen molar-refractivity contribution < 1.29 is 19.0 Å². The summed E-state index contributed by atoms with van der Waals surface area (Å²) in [6.45, 7) is 2.04. The van der Waals surface area contributed by atoms with E-state index < -0.39 is 0 Å². The highest BCUT2D eigenvalue weighted by atomic mass is 16.5. The monoisotopic (exact) mass is 458 g/mol. The lowest BCUT2D eigenvalue weighted by Gasteiger charge is -2.24. The summed E-state index contributed by atoms with van der Waals surface area (Å²) in [5.74, 6) is 0.836. The number of pyridine rings is 1. The summed E-state index contributed by atoms with van der Waals surface area (Å²) in [4.78, 5) is 31.2. The number of hydrogen-bond acceptors (Lipinski definition) is 5. The lowest BCUT2D eigenvalue weighted by atomic mass is 10.1. The van der Waals surface area contributed by atoms with E-state index in [2.05, 4.69) is 4.98 Å². The number of nitrogens with zero attached hydrogens (tertiary/aromatic N) is 1. The highest BCUT2D eigenvalue weighted by molar-refractivity contribution is 6.07. The van der Waals surface area contributed by atoms with Crippen molar-refractivity contribution >= 4 is 22.5 Å². The van der Waals surface area contributed by atoms with Crippen LogP contribution in [-0.4, -0.2) is 32.2 Å². The number of carbonyl (C=O) groups excluding carboxylic acids is 1. The first-order chi connectivity index (χ1) is 16.4. The first-order valence-electron chi connectivity index (χ1n) is 10.7. The molecule has 1 heterocycles. The molecule has 34 heavy (non-hydrogen) atoms. The third-order valence-electron chi connectivity index (χ3n) is 5.63. The van der Waals surface area contributed by atoms with Crippen LogP contribution >= 0.6 is 0 Å². The Balaban J connectivity index is 1.83. The molecular formula is C27H26N2O5. The molecule has 0 spiro atoms. The van der Waals surface area contributed by atoms with Gasteiger partial charge in [-0.05, 0) is 54.3 Å². The fourth-order valence-corrected chi connectivity index (χ4v) is 3.92. The molecule has 0 aliphatic carbocycles. The molecule has 7 nitrogen and oxygen atoms in total. The van der Waals surface area contributed by atoms with Gasteiger partial charge in [-0.3, -0.25) is 9.59 Å². The van der Waals surface area contributed by atoms with Gasteiger partial charge in [0.05, 0.1) is 27.9 Å². The zero-order valence-corrected chi connectivity index (χ0v) is 19.5. The Kier molecular flexibility index (Phi) is 6.54. The molecule has 0 radical (unpaired) electrons. The van der Waals surface area contributed by atoms with Crippen LogP contribution in [0.4, 0.5) is 5.69 Å². The number of nitrogens with one attached hydrogen (secondary N) is 1. The minimum Gasteiger partial charge on any atom is -0.493 e. The zero-order valence-electron chi connectivity index (χ0n) is 19.5. The van der Waals surface area contributed by atoms with E-state index in [9.17, 15) is 9.59 Å². The van der Waals surface area contributed by atoms with Gasteiger partial charge < -0.3 is 24.1 Å². The van der Waals surface area contributed by atoms with E-state index in [0.29, 0.717) is 34.1 Å². The number of amides is 1. The fourth-order valence-electron chi connectivity index (χ4n) is 3.92. The molecule has 174 valence electrons. The molecule has 4 rings (SSSR count). The molecule has 0 aliphatic heterocycles. The molecule has 4 aromatic rings. The predicted molar refractivity (Wildman–Crippen MR) is 132 cm³/mol. The quantitative estimate of drug-likeness (QED) is 0.434. The molecule has 0 aliphatic rings. The molecule has 1 N–H and O–H groups in total. The van der Waals surface area contributed by atoms with Crippen molar-refractivity contribution in [2.45, 2.75) is 13.5 Å². The van der Waals surface area contributed by atoms with Crippen molar-refractivity contribution in [1.29, 1.82) is 0 Å². The Morgan fingerprint density at radius 2 is 1.59 bits per heavy atom. The lowest BCUT2D eigenvalue weighted by Crippen LogP contribution is -2.33. The Hall–Kier alpha value is -4.26. The van der Waals surface area contributed by atoms with Crippen molar-refractivity contribution in [3.8, 4) is 17.2 Å². The average Bonchev–Trinajstić information content (AvgIpc) is 2.86. The minimum absolute atomic E-state index is 0.0825. The number of aromatic nitrogens is 1. The average molecular weight is 459 g/mol. The molecule has 0 bridgehead atoms. The number of anilines is 1. The Bertz CT molecular complexity index is 1380. The third kappa shape index (κ3) is 4.45. The van der Waals surface area contributed by atoms with Crippen LogP contribution in [0.2, 0.25) is 0 Å². The van der Waals surface area contributed by atoms with E-state index >= 15 is 0 Å². The highest BCUT2D eigenvalue weighted by Crippen LogP contribution is 2.39. The van der Waals surface area contributed by atoms with Gasteiger partial charge in [0.2, 0.25) is 5.75 Å². The van der Waals surface area contributed by atoms with E-state index in [1.807, 2.05) is 61.5 Å². The van der Waals surface area contributed by atoms with Gasteiger partial charge in [0.25, 0.3) is 11.5 Å². The van der Waals surface area contributed by atoms with E-state index in [-0.39, 0.29) is 18.0 Å². The van der Waals surface area contributed by atoms with Crippen LogP contribution in [0.1, 0.15) is 21.5 Å². The highest BCUT2D eigenvalue weighted by Gasteiger charge is 2.24. The normalized spacial score (nSPS) is 10.7. The molecule has 0 fully saturated rings. The molecule has 1 aromatic heterocycles. The van der Waals surface area contributed by atoms with Gasteiger partial charge >= 0.3 is 0 Å². The lowest BCUT2D eigenvalue weighted by molar-refractivity contribution is 0.0984. The SMILES string of the molecule is COc1cc(C(=O)N(Cc2cc3ccccc3[nH]c2=O)c2cccc(C)c2)cc(OC)c1OC. The molecule has 0 unspecified atom stereocenters. The number of aromatic amines is 1. The number of para-hydroxylation sites is 1. The topological polar surface area (TPSA) is 80.9 Å². The largest absolute Gasteiger partial charge is 0.493 e. The Morgan fingerprint density at radius 3 is 2.24 bits per heavy atom. The van der Waals surface area contributed by atoms with Crippen molar-refractivity contribution in [2.75, 3.05) is 26.2 Å². The number of fused-ring (bicyclic) bond motifs is 1. The summed E-state index contributed by atoms with van der Waals surface area (Å²) >= 11 is 0. The van der Waals surface area contributed by atoms with Gasteiger partial charge in [-0.1, -0.05) is 30.3 Å². The summed E-state index contributed by atoms with van der Waals surface area (Å²) < 4.78 is 16.2. The number of aryl methyl sites for hydroxylation is 1. The van der Waals surface area contributed by atoms with E-state index in [1.54, 1.807) is 17.0 Å². The zero-order chi connectivity index (χ0) is 24.2. The summed E-state index contributed by atoms with van der Waals surface area (Å²) in [6, 6.07) is 20.2. The number of ether oxygens (including phenoxy) is 3. The molecule has 3 aromatic carbocycles. The minimum atomic E-state index is -0.308. The van der Waals surface area contributed by atoms with Crippen molar-refractivity contribution in [2.24, 2.45) is 0 Å². The van der Waals surface area contributed by atoms with Crippen LogP contribution in [0.3, 0.4) is 0 Å². The maximum Gasteiger partial charge on any atom is 0.258 e. The smallest absolute Gasteiger partial charge is 0.258 e. The molecule has 1 amide bonds. The Morgan fingerprint density at radius 1 is 0.882 bits per heavy atom. The number of benzene rings is 3. The summed E-state index contributed by atoms with van der Waals surface area (Å²) in [5, 5.41) is 0.890. The van der Waals surface area contributed by atoms with Gasteiger partial charge in [0, 0.05) is 22.3 Å². The number of methoxy groups -OCH3 is 3. The van der Waals surface area contributed by atoms with Gasteiger partial charge in [0.15, 0.2) is 11.5 Å². The van der Waals surface area contributed by atoms with Crippen molar-refractivity contribution in [3.63, 3.8) is 0 Å². The standard InChI is InChI=1S/C27H26N2O5/c1-17-8-7-10-21(12-17)29(16-20-13-18-9-5-6-11-22(18)28-26(20)30)27(31)19-14-23(32-2)25(34-4)24(15-19)33-3/h5-15H,16H2,1-4H3,(H,28,30). The first kappa shape index (κ1) is 22.9. The van der Waals surface area contributed by atoms with Crippen LogP contribution < -0.4 is 24.7 Å². The van der Waals surface area contributed by atoms with Crippen LogP contribution in [0, 0.1) is 6.92 Å². The summed E-state index contributed by atoms with van der Waals surface area (Å²) in [7, 11) is 4.50. The van der Waals surface area contributed by atoms with Crippen LogP contribution in [0.25, 0.3) is 10.9 Å². The second-order valence-electron chi connectivity index (χ2n) is 7.86. The fraction of sp³-hybridized carbons (Fsp3) is 0.185. The van der Waals surface area contributed by atoms with Gasteiger partial charge in [0.1, 0.15) is 0 Å². The molecule has 0 saturated heterocycles. The third-order valence-corrected chi connectivity index (χ3v) is 5.63. The predicted octanol–water partition coefficient (Wildman–Crippen LogP) is 4.71. The molecule has 0 saturated carbocycles. The molecule has 0 atom stereocenters. The van der Waals surface area contributed by atoms with E-state index in [1.165, 1.54) is 21.3 Å². The second-order valence-corrected chi connectivity index (χ2v) is 7.86. The van der Waals surface area contributed by atoms with Crippen LogP contribution in [-0.2, 0) is 6.54 Å². The maximum atomic E-state index is 13.8.